The third-order valence-electron chi connectivity index (χ3n) is 1.42. The van der Waals surface area contributed by atoms with Gasteiger partial charge in [-0.05, 0) is 20.0 Å². The van der Waals surface area contributed by atoms with Crippen LogP contribution in [0, 0.1) is 0 Å². The minimum absolute atomic E-state index is 0.106. The van der Waals surface area contributed by atoms with Gasteiger partial charge in [0.15, 0.2) is 0 Å². The second-order valence-corrected chi connectivity index (χ2v) is 5.13. The van der Waals surface area contributed by atoms with E-state index in [0.29, 0.717) is 0 Å². The maximum Gasteiger partial charge on any atom is 0.236 e. The van der Waals surface area contributed by atoms with E-state index in [-0.39, 0.29) is 5.75 Å². The van der Waals surface area contributed by atoms with Gasteiger partial charge in [0.25, 0.3) is 0 Å². The summed E-state index contributed by atoms with van der Waals surface area (Å²) < 4.78 is 21.0. The Morgan fingerprint density at radius 2 is 1.83 bits per heavy atom. The third kappa shape index (κ3) is 6.49. The van der Waals surface area contributed by atoms with E-state index >= 15 is 0 Å². The Bertz CT molecular complexity index is 232. The average Bonchev–Trinajstić information content (AvgIpc) is 1.96. The Kier molecular flexibility index (Phi) is 5.33. The predicted molar refractivity (Wildman–Crippen MR) is 51.7 cm³/mol. The van der Waals surface area contributed by atoms with Crippen LogP contribution in [0.5, 0.6) is 0 Å². The first-order valence-electron chi connectivity index (χ1n) is 3.82. The van der Waals surface area contributed by atoms with Crippen LogP contribution >= 0.6 is 10.7 Å². The molecule has 0 aliphatic heterocycles. The number of rotatable bonds is 5. The molecule has 0 radical (unpaired) electrons. The molecule has 0 rings (SSSR count). The van der Waals surface area contributed by atoms with E-state index < -0.39 is 9.05 Å². The van der Waals surface area contributed by atoms with Crippen LogP contribution in [0.3, 0.4) is 0 Å². The Morgan fingerprint density at radius 1 is 1.33 bits per heavy atom. The Morgan fingerprint density at radius 3 is 2.17 bits per heavy atom. The summed E-state index contributed by atoms with van der Waals surface area (Å²) in [4.78, 5) is 1.99. The van der Waals surface area contributed by atoms with E-state index in [9.17, 15) is 8.42 Å². The summed E-state index contributed by atoms with van der Waals surface area (Å²) in [6.45, 7) is 5.75. The van der Waals surface area contributed by atoms with Crippen molar-refractivity contribution >= 4 is 19.7 Å². The van der Waals surface area contributed by atoms with Crippen molar-refractivity contribution in [2.75, 3.05) is 18.8 Å². The molecule has 0 heterocycles. The van der Waals surface area contributed by atoms with Crippen LogP contribution in [-0.2, 0) is 9.05 Å². The topological polar surface area (TPSA) is 37.4 Å². The summed E-state index contributed by atoms with van der Waals surface area (Å²) in [6.07, 6.45) is 3.30. The maximum absolute atomic E-state index is 10.5. The molecule has 0 saturated heterocycles. The minimum Gasteiger partial charge on any atom is -0.378 e. The van der Waals surface area contributed by atoms with Crippen molar-refractivity contribution in [3.05, 3.63) is 12.3 Å². The van der Waals surface area contributed by atoms with Gasteiger partial charge in [0.2, 0.25) is 9.05 Å². The van der Waals surface area contributed by atoms with Crippen molar-refractivity contribution in [1.82, 2.24) is 4.90 Å². The van der Waals surface area contributed by atoms with Crippen LogP contribution in [0.1, 0.15) is 13.8 Å². The number of hydrogen-bond acceptors (Lipinski definition) is 3. The molecule has 0 spiro atoms. The van der Waals surface area contributed by atoms with Crippen LogP contribution in [0.2, 0.25) is 0 Å². The van der Waals surface area contributed by atoms with E-state index in [0.717, 1.165) is 13.1 Å². The molecular formula is C7H14ClNO2S. The van der Waals surface area contributed by atoms with Crippen molar-refractivity contribution in [3.63, 3.8) is 0 Å². The highest BCUT2D eigenvalue weighted by Crippen LogP contribution is 1.97. The fourth-order valence-electron chi connectivity index (χ4n) is 0.741. The SMILES string of the molecule is CCN(C=CCS(=O)(=O)Cl)CC. The maximum atomic E-state index is 10.5. The highest BCUT2D eigenvalue weighted by Gasteiger charge is 2.00. The molecule has 0 aliphatic rings. The fourth-order valence-corrected chi connectivity index (χ4v) is 1.28. The third-order valence-corrected chi connectivity index (χ3v) is 2.39. The smallest absolute Gasteiger partial charge is 0.236 e. The van der Waals surface area contributed by atoms with Crippen molar-refractivity contribution in [2.24, 2.45) is 0 Å². The molecule has 0 aromatic carbocycles. The standard InChI is InChI=1S/C7H14ClNO2S/c1-3-9(4-2)6-5-7-12(8,10)11/h5-6H,3-4,7H2,1-2H3. The van der Waals surface area contributed by atoms with E-state index in [1.165, 1.54) is 0 Å². The summed E-state index contributed by atoms with van der Waals surface area (Å²) >= 11 is 0. The van der Waals surface area contributed by atoms with E-state index in [1.54, 1.807) is 12.3 Å². The molecule has 0 aromatic rings. The van der Waals surface area contributed by atoms with E-state index in [4.69, 9.17) is 10.7 Å². The molecule has 5 heteroatoms. The summed E-state index contributed by atoms with van der Waals surface area (Å²) in [5.74, 6) is -0.106. The largest absolute Gasteiger partial charge is 0.378 e. The van der Waals surface area contributed by atoms with Crippen molar-refractivity contribution in [3.8, 4) is 0 Å². The molecule has 12 heavy (non-hydrogen) atoms. The van der Waals surface area contributed by atoms with E-state index in [1.807, 2.05) is 18.7 Å². The number of halogens is 1. The van der Waals surface area contributed by atoms with Gasteiger partial charge in [0.1, 0.15) is 0 Å². The van der Waals surface area contributed by atoms with Crippen molar-refractivity contribution in [1.29, 1.82) is 0 Å². The van der Waals surface area contributed by atoms with Gasteiger partial charge >= 0.3 is 0 Å². The number of hydrogen-bond donors (Lipinski definition) is 0. The van der Waals surface area contributed by atoms with Gasteiger partial charge in [-0.3, -0.25) is 0 Å². The molecule has 0 bridgehead atoms. The summed E-state index contributed by atoms with van der Waals surface area (Å²) in [5.41, 5.74) is 0. The first-order valence-corrected chi connectivity index (χ1v) is 6.30. The Labute approximate surface area is 78.4 Å². The lowest BCUT2D eigenvalue weighted by molar-refractivity contribution is 0.418. The highest BCUT2D eigenvalue weighted by molar-refractivity contribution is 8.13. The van der Waals surface area contributed by atoms with Gasteiger partial charge in [0, 0.05) is 23.8 Å². The fraction of sp³-hybridized carbons (Fsp3) is 0.714. The Hall–Kier alpha value is -0.220. The first-order chi connectivity index (χ1) is 5.49. The lowest BCUT2D eigenvalue weighted by Crippen LogP contribution is -2.15. The van der Waals surface area contributed by atoms with Crippen LogP contribution < -0.4 is 0 Å². The second-order valence-electron chi connectivity index (χ2n) is 2.31. The van der Waals surface area contributed by atoms with Crippen LogP contribution in [0.15, 0.2) is 12.3 Å². The molecule has 0 fully saturated rings. The zero-order valence-corrected chi connectivity index (χ0v) is 8.90. The number of nitrogens with zero attached hydrogens (tertiary/aromatic N) is 1. The second kappa shape index (κ2) is 5.43. The molecule has 0 aliphatic carbocycles. The molecule has 3 nitrogen and oxygen atoms in total. The van der Waals surface area contributed by atoms with Gasteiger partial charge in [-0.1, -0.05) is 6.08 Å². The molecule has 0 aromatic heterocycles. The molecule has 72 valence electrons. The van der Waals surface area contributed by atoms with Gasteiger partial charge in [0.05, 0.1) is 5.75 Å². The highest BCUT2D eigenvalue weighted by atomic mass is 35.7. The predicted octanol–water partition coefficient (Wildman–Crippen LogP) is 1.41. The molecule has 0 N–H and O–H groups in total. The van der Waals surface area contributed by atoms with Gasteiger partial charge in [-0.2, -0.15) is 0 Å². The normalized spacial score (nSPS) is 12.2. The lowest BCUT2D eigenvalue weighted by Gasteiger charge is -2.14. The van der Waals surface area contributed by atoms with Crippen molar-refractivity contribution in [2.45, 2.75) is 13.8 Å². The monoisotopic (exact) mass is 211 g/mol. The summed E-state index contributed by atoms with van der Waals surface area (Å²) in [5, 5.41) is 0. The molecule has 0 unspecified atom stereocenters. The van der Waals surface area contributed by atoms with Gasteiger partial charge < -0.3 is 4.90 Å². The van der Waals surface area contributed by atoms with Gasteiger partial charge in [-0.25, -0.2) is 8.42 Å². The zero-order valence-electron chi connectivity index (χ0n) is 7.33. The molecular weight excluding hydrogens is 198 g/mol. The summed E-state index contributed by atoms with van der Waals surface area (Å²) in [7, 11) is 1.63. The molecule has 0 saturated carbocycles. The van der Waals surface area contributed by atoms with Crippen LogP contribution in [0.4, 0.5) is 0 Å². The lowest BCUT2D eigenvalue weighted by atomic mass is 10.5. The van der Waals surface area contributed by atoms with Crippen LogP contribution in [-0.4, -0.2) is 32.2 Å². The van der Waals surface area contributed by atoms with Crippen LogP contribution in [0.25, 0.3) is 0 Å². The summed E-state index contributed by atoms with van der Waals surface area (Å²) in [6, 6.07) is 0. The zero-order chi connectivity index (χ0) is 9.61. The average molecular weight is 212 g/mol. The Balaban J connectivity index is 3.90. The van der Waals surface area contributed by atoms with Crippen molar-refractivity contribution < 1.29 is 8.42 Å². The van der Waals surface area contributed by atoms with Gasteiger partial charge in [-0.15, -0.1) is 0 Å². The first kappa shape index (κ1) is 11.8. The minimum atomic E-state index is -3.38. The van der Waals surface area contributed by atoms with E-state index in [2.05, 4.69) is 0 Å². The molecule has 0 amide bonds. The molecule has 0 atom stereocenters. The quantitative estimate of drug-likeness (QED) is 0.646.